The minimum atomic E-state index is -2.51. The second-order valence-electron chi connectivity index (χ2n) is 8.84. The topological polar surface area (TPSA) is 47.9 Å². The van der Waals surface area contributed by atoms with Crippen LogP contribution in [0.15, 0.2) is 24.3 Å². The van der Waals surface area contributed by atoms with Crippen molar-refractivity contribution in [2.45, 2.75) is 63.2 Å². The molecule has 1 aromatic carbocycles. The fourth-order valence-electron chi connectivity index (χ4n) is 3.59. The van der Waals surface area contributed by atoms with E-state index in [2.05, 4.69) is 57.4 Å². The molecule has 156 valence electrons. The van der Waals surface area contributed by atoms with Gasteiger partial charge in [0.15, 0.2) is 0 Å². The van der Waals surface area contributed by atoms with Crippen molar-refractivity contribution in [3.05, 3.63) is 29.8 Å². The third-order valence-electron chi connectivity index (χ3n) is 6.33. The van der Waals surface area contributed by atoms with E-state index in [-0.39, 0.29) is 0 Å². The molecule has 0 radical (unpaired) electrons. The van der Waals surface area contributed by atoms with E-state index in [1.165, 1.54) is 16.8 Å². The highest BCUT2D eigenvalue weighted by atomic mass is 28.4. The Morgan fingerprint density at radius 1 is 0.852 bits per heavy atom. The number of hydrogen-bond acceptors (Lipinski definition) is 4. The second-order valence-corrected chi connectivity index (χ2v) is 22.1. The summed E-state index contributed by atoms with van der Waals surface area (Å²) in [5.74, 6) is 0. The average Bonchev–Trinajstić information content (AvgIpc) is 2.67. The summed E-state index contributed by atoms with van der Waals surface area (Å²) in [5, 5.41) is 10.6. The molecule has 0 aliphatic heterocycles. The Bertz CT molecular complexity index is 549. The van der Waals surface area contributed by atoms with Gasteiger partial charge < -0.3 is 18.4 Å². The predicted molar refractivity (Wildman–Crippen MR) is 122 cm³/mol. The van der Waals surface area contributed by atoms with E-state index in [1.54, 1.807) is 21.3 Å². The van der Waals surface area contributed by atoms with Gasteiger partial charge in [0.25, 0.3) is 0 Å². The van der Waals surface area contributed by atoms with Crippen molar-refractivity contribution in [2.24, 2.45) is 0 Å². The highest BCUT2D eigenvalue weighted by molar-refractivity contribution is 6.90. The first-order chi connectivity index (χ1) is 12.6. The van der Waals surface area contributed by atoms with E-state index >= 15 is 0 Å². The maximum Gasteiger partial charge on any atom is 0.499 e. The molecule has 1 unspecified atom stereocenters. The normalized spacial score (nSPS) is 14.4. The van der Waals surface area contributed by atoms with Crippen LogP contribution in [0.1, 0.15) is 24.4 Å². The van der Waals surface area contributed by atoms with Gasteiger partial charge in [-0.25, -0.2) is 0 Å². The van der Waals surface area contributed by atoms with Gasteiger partial charge in [-0.05, 0) is 23.6 Å². The third kappa shape index (κ3) is 6.62. The van der Waals surface area contributed by atoms with Gasteiger partial charge in [0.1, 0.15) is 0 Å². The van der Waals surface area contributed by atoms with Crippen molar-refractivity contribution < 1.29 is 18.4 Å². The molecule has 1 rings (SSSR count). The summed E-state index contributed by atoms with van der Waals surface area (Å²) >= 11 is 0. The molecule has 1 N–H and O–H groups in total. The molecule has 0 aliphatic rings. The first-order valence-electron chi connectivity index (χ1n) is 9.94. The maximum absolute atomic E-state index is 9.17. The Morgan fingerprint density at radius 3 is 1.81 bits per heavy atom. The highest BCUT2D eigenvalue weighted by Crippen LogP contribution is 2.31. The summed E-state index contributed by atoms with van der Waals surface area (Å²) in [4.78, 5) is 0. The molecule has 0 fully saturated rings. The summed E-state index contributed by atoms with van der Waals surface area (Å²) in [5.41, 5.74) is 2.03. The summed E-state index contributed by atoms with van der Waals surface area (Å²) in [7, 11) is -0.415. The lowest BCUT2D eigenvalue weighted by Gasteiger charge is -2.31. The van der Waals surface area contributed by atoms with E-state index in [0.717, 1.165) is 18.5 Å². The van der Waals surface area contributed by atoms with Gasteiger partial charge >= 0.3 is 8.80 Å². The number of rotatable bonds is 12. The van der Waals surface area contributed by atoms with Gasteiger partial charge in [-0.15, -0.1) is 0 Å². The van der Waals surface area contributed by atoms with Gasteiger partial charge in [-0.1, -0.05) is 68.6 Å². The Labute approximate surface area is 169 Å². The second kappa shape index (κ2) is 10.5. The minimum absolute atomic E-state index is 0.303. The van der Waals surface area contributed by atoms with E-state index < -0.39 is 25.0 Å². The Balaban J connectivity index is 2.87. The first kappa shape index (κ1) is 24.7. The van der Waals surface area contributed by atoms with Crippen LogP contribution in [-0.4, -0.2) is 58.0 Å². The van der Waals surface area contributed by atoms with Gasteiger partial charge in [0, 0.05) is 34.0 Å². The van der Waals surface area contributed by atoms with Crippen LogP contribution in [0, 0.1) is 0 Å². The average molecular weight is 429 g/mol. The summed E-state index contributed by atoms with van der Waals surface area (Å²) in [6.07, 6.45) is 0.922. The Kier molecular flexibility index (Phi) is 9.60. The van der Waals surface area contributed by atoms with Crippen LogP contribution in [0.4, 0.5) is 0 Å². The van der Waals surface area contributed by atoms with Crippen molar-refractivity contribution in [1.82, 2.24) is 0 Å². The fraction of sp³-hybridized carbons (Fsp3) is 0.700. The molecule has 0 bridgehead atoms. The van der Waals surface area contributed by atoms with Crippen LogP contribution in [0.25, 0.3) is 0 Å². The van der Waals surface area contributed by atoms with Crippen molar-refractivity contribution in [3.8, 4) is 0 Å². The smallest absolute Gasteiger partial charge is 0.396 e. The van der Waals surface area contributed by atoms with Crippen LogP contribution < -0.4 is 5.19 Å². The van der Waals surface area contributed by atoms with Crippen molar-refractivity contribution in [1.29, 1.82) is 0 Å². The van der Waals surface area contributed by atoms with Crippen LogP contribution in [0.3, 0.4) is 0 Å². The summed E-state index contributed by atoms with van der Waals surface area (Å²) in [6.45, 7) is 12.3. The van der Waals surface area contributed by atoms with E-state index in [0.29, 0.717) is 12.1 Å². The molecule has 0 amide bonds. The van der Waals surface area contributed by atoms with Gasteiger partial charge in [0.05, 0.1) is 16.1 Å². The Hall–Kier alpha value is -0.289. The van der Waals surface area contributed by atoms with E-state index in [4.69, 9.17) is 13.3 Å². The lowest BCUT2D eigenvalue weighted by Crippen LogP contribution is -2.48. The number of aliphatic hydroxyl groups is 1. The van der Waals surface area contributed by atoms with E-state index in [1.807, 2.05) is 0 Å². The van der Waals surface area contributed by atoms with Gasteiger partial charge in [-0.2, -0.15) is 0 Å². The van der Waals surface area contributed by atoms with Crippen LogP contribution in [-0.2, 0) is 13.3 Å². The third-order valence-corrected chi connectivity index (χ3v) is 17.3. The minimum Gasteiger partial charge on any atom is -0.396 e. The molecule has 1 aromatic rings. The van der Waals surface area contributed by atoms with Crippen molar-refractivity contribution >= 4 is 30.1 Å². The molecular formula is C20H40O4Si3. The molecule has 0 saturated heterocycles. The SMILES string of the molecule is CO[Si](CC[Si](C)(C)c1ccc(C(C)[Si](C)(C)CCCO)cc1)(OC)OC. The van der Waals surface area contributed by atoms with Crippen molar-refractivity contribution in [2.75, 3.05) is 27.9 Å². The van der Waals surface area contributed by atoms with Crippen molar-refractivity contribution in [3.63, 3.8) is 0 Å². The molecule has 0 aromatic heterocycles. The molecule has 27 heavy (non-hydrogen) atoms. The summed E-state index contributed by atoms with van der Waals surface area (Å²) < 4.78 is 16.8. The molecular weight excluding hydrogens is 388 g/mol. The summed E-state index contributed by atoms with van der Waals surface area (Å²) in [6, 6.07) is 12.4. The predicted octanol–water partition coefficient (Wildman–Crippen LogP) is 4.21. The zero-order valence-corrected chi connectivity index (χ0v) is 21.6. The highest BCUT2D eigenvalue weighted by Gasteiger charge is 2.40. The lowest BCUT2D eigenvalue weighted by atomic mass is 10.2. The van der Waals surface area contributed by atoms with Gasteiger partial charge in [-0.3, -0.25) is 0 Å². The fourth-order valence-corrected chi connectivity index (χ4v) is 12.4. The zero-order chi connectivity index (χ0) is 20.7. The first-order valence-corrected chi connectivity index (χ1v) is 18.4. The Morgan fingerprint density at radius 2 is 1.37 bits per heavy atom. The number of aliphatic hydroxyl groups excluding tert-OH is 1. The molecule has 7 heteroatoms. The molecule has 4 nitrogen and oxygen atoms in total. The largest absolute Gasteiger partial charge is 0.499 e. The number of benzene rings is 1. The standard InChI is InChI=1S/C20H40O4Si3/c1-18(25(5,6)15-9-14-21)19-10-12-20(13-11-19)26(7,8)16-17-27(22-2,23-3)24-4/h10-13,18,21H,9,14-17H2,1-8H3. The van der Waals surface area contributed by atoms with E-state index in [9.17, 15) is 5.11 Å². The monoisotopic (exact) mass is 428 g/mol. The quantitative estimate of drug-likeness (QED) is 0.507. The molecule has 0 spiro atoms. The molecule has 0 aliphatic carbocycles. The van der Waals surface area contributed by atoms with Crippen LogP contribution in [0.2, 0.25) is 44.3 Å². The molecule has 0 saturated carbocycles. The molecule has 0 heterocycles. The molecule has 1 atom stereocenters. The van der Waals surface area contributed by atoms with Crippen LogP contribution in [0.5, 0.6) is 0 Å². The van der Waals surface area contributed by atoms with Crippen LogP contribution >= 0.6 is 0 Å². The maximum atomic E-state index is 9.17. The lowest BCUT2D eigenvalue weighted by molar-refractivity contribution is 0.125. The zero-order valence-electron chi connectivity index (χ0n) is 18.6. The van der Waals surface area contributed by atoms with Gasteiger partial charge in [0.2, 0.25) is 0 Å². The number of hydrogen-bond donors (Lipinski definition) is 1.